The minimum absolute atomic E-state index is 0.00297. The summed E-state index contributed by atoms with van der Waals surface area (Å²) in [5, 5.41) is 15.8. The van der Waals surface area contributed by atoms with Crippen LogP contribution in [0.15, 0.2) is 42.6 Å². The summed E-state index contributed by atoms with van der Waals surface area (Å²) in [5.74, 6) is 0.0420. The molecule has 0 amide bonds. The molecule has 0 saturated carbocycles. The first-order chi connectivity index (χ1) is 10.0. The van der Waals surface area contributed by atoms with Gasteiger partial charge in [0.15, 0.2) is 0 Å². The highest BCUT2D eigenvalue weighted by Crippen LogP contribution is 2.23. The van der Waals surface area contributed by atoms with Crippen LogP contribution in [0.1, 0.15) is 11.1 Å². The van der Waals surface area contributed by atoms with Gasteiger partial charge in [0, 0.05) is 28.2 Å². The van der Waals surface area contributed by atoms with Gasteiger partial charge in [-0.05, 0) is 36.4 Å². The Bertz CT molecular complexity index is 844. The minimum atomic E-state index is -0.00297. The molecule has 3 aromatic rings. The van der Waals surface area contributed by atoms with E-state index in [0.717, 1.165) is 22.3 Å². The van der Waals surface area contributed by atoms with Gasteiger partial charge >= 0.3 is 0 Å². The summed E-state index contributed by atoms with van der Waals surface area (Å²) >= 11 is 0. The number of aromatic nitrogens is 2. The van der Waals surface area contributed by atoms with Gasteiger partial charge < -0.3 is 16.5 Å². The zero-order chi connectivity index (χ0) is 15.0. The van der Waals surface area contributed by atoms with Crippen molar-refractivity contribution in [1.82, 2.24) is 9.97 Å². The van der Waals surface area contributed by atoms with Crippen molar-refractivity contribution < 1.29 is 0 Å². The number of nitrogens with zero attached hydrogens (tertiary/aromatic N) is 1. The lowest BCUT2D eigenvalue weighted by molar-refractivity contribution is 1.27. The molecule has 6 nitrogen and oxygen atoms in total. The summed E-state index contributed by atoms with van der Waals surface area (Å²) in [7, 11) is 0. The van der Waals surface area contributed by atoms with Gasteiger partial charge in [-0.15, -0.1) is 0 Å². The number of rotatable bonds is 3. The second-order valence-electron chi connectivity index (χ2n) is 4.74. The number of hydrogen-bond acceptors (Lipinski definition) is 3. The van der Waals surface area contributed by atoms with E-state index < -0.39 is 0 Å². The predicted octanol–water partition coefficient (Wildman–Crippen LogP) is 1.80. The lowest BCUT2D eigenvalue weighted by Crippen LogP contribution is -2.11. The third-order valence-corrected chi connectivity index (χ3v) is 3.28. The van der Waals surface area contributed by atoms with Crippen molar-refractivity contribution in [3.63, 3.8) is 0 Å². The number of benzene rings is 1. The molecule has 2 heterocycles. The van der Waals surface area contributed by atoms with Gasteiger partial charge in [-0.1, -0.05) is 0 Å². The maximum Gasteiger partial charge on any atom is 0.124 e. The number of pyridine rings is 1. The molecule has 104 valence electrons. The summed E-state index contributed by atoms with van der Waals surface area (Å²) < 4.78 is 0. The molecule has 0 atom stereocenters. The van der Waals surface area contributed by atoms with Crippen LogP contribution in [0.3, 0.4) is 0 Å². The summed E-state index contributed by atoms with van der Waals surface area (Å²) in [4.78, 5) is 7.57. The zero-order valence-electron chi connectivity index (χ0n) is 11.1. The first-order valence-electron chi connectivity index (χ1n) is 6.32. The first kappa shape index (κ1) is 12.9. The number of aromatic amines is 1. The molecule has 21 heavy (non-hydrogen) atoms. The quantitative estimate of drug-likeness (QED) is 0.370. The van der Waals surface area contributed by atoms with Crippen LogP contribution < -0.4 is 11.5 Å². The largest absolute Gasteiger partial charge is 0.384 e. The van der Waals surface area contributed by atoms with E-state index in [1.807, 2.05) is 24.3 Å². The van der Waals surface area contributed by atoms with E-state index >= 15 is 0 Å². The van der Waals surface area contributed by atoms with Gasteiger partial charge in [0.25, 0.3) is 0 Å². The lowest BCUT2D eigenvalue weighted by atomic mass is 10.1. The predicted molar refractivity (Wildman–Crippen MR) is 83.6 cm³/mol. The number of H-pyrrole nitrogens is 1. The molecule has 0 bridgehead atoms. The van der Waals surface area contributed by atoms with Gasteiger partial charge in [-0.25, -0.2) is 0 Å². The summed E-state index contributed by atoms with van der Waals surface area (Å²) in [5.41, 5.74) is 14.8. The van der Waals surface area contributed by atoms with Crippen molar-refractivity contribution >= 4 is 22.6 Å². The van der Waals surface area contributed by atoms with E-state index in [-0.39, 0.29) is 11.7 Å². The topological polar surface area (TPSA) is 128 Å². The van der Waals surface area contributed by atoms with Crippen LogP contribution >= 0.6 is 0 Å². The molecule has 0 aliphatic carbocycles. The molecular weight excluding hydrogens is 264 g/mol. The van der Waals surface area contributed by atoms with E-state index in [1.54, 1.807) is 18.3 Å². The van der Waals surface area contributed by atoms with Gasteiger partial charge in [0.2, 0.25) is 0 Å². The van der Waals surface area contributed by atoms with Crippen molar-refractivity contribution in [3.8, 4) is 11.4 Å². The third-order valence-electron chi connectivity index (χ3n) is 3.28. The molecule has 0 fully saturated rings. The molecule has 3 rings (SSSR count). The normalized spacial score (nSPS) is 10.7. The van der Waals surface area contributed by atoms with Crippen molar-refractivity contribution in [2.24, 2.45) is 11.5 Å². The molecular formula is C15H14N6. The van der Waals surface area contributed by atoms with Crippen molar-refractivity contribution in [1.29, 1.82) is 10.8 Å². The van der Waals surface area contributed by atoms with Crippen LogP contribution in [0, 0.1) is 10.8 Å². The zero-order valence-corrected chi connectivity index (χ0v) is 11.1. The molecule has 0 unspecified atom stereocenters. The van der Waals surface area contributed by atoms with E-state index in [9.17, 15) is 0 Å². The molecule has 0 aliphatic rings. The maximum absolute atomic E-state index is 7.47. The molecule has 0 aliphatic heterocycles. The Morgan fingerprint density at radius 2 is 1.67 bits per heavy atom. The van der Waals surface area contributed by atoms with Crippen LogP contribution in [0.2, 0.25) is 0 Å². The fourth-order valence-corrected chi connectivity index (χ4v) is 2.15. The van der Waals surface area contributed by atoms with Crippen LogP contribution in [0.25, 0.3) is 22.3 Å². The smallest absolute Gasteiger partial charge is 0.124 e. The Balaban J connectivity index is 2.04. The number of hydrogen-bond donors (Lipinski definition) is 5. The minimum Gasteiger partial charge on any atom is -0.384 e. The Morgan fingerprint density at radius 1 is 0.952 bits per heavy atom. The average molecular weight is 278 g/mol. The lowest BCUT2D eigenvalue weighted by Gasteiger charge is -1.99. The second-order valence-corrected chi connectivity index (χ2v) is 4.74. The van der Waals surface area contributed by atoms with Crippen molar-refractivity contribution in [3.05, 3.63) is 53.7 Å². The van der Waals surface area contributed by atoms with Gasteiger partial charge in [0.1, 0.15) is 11.7 Å². The fraction of sp³-hybridized carbons (Fsp3) is 0. The van der Waals surface area contributed by atoms with Crippen LogP contribution in [0.4, 0.5) is 0 Å². The second kappa shape index (κ2) is 4.75. The number of nitrogens with two attached hydrogens (primary N) is 2. The van der Waals surface area contributed by atoms with E-state index in [0.29, 0.717) is 11.1 Å². The number of fused-ring (bicyclic) bond motifs is 1. The maximum atomic E-state index is 7.47. The summed E-state index contributed by atoms with van der Waals surface area (Å²) in [6.07, 6.45) is 1.57. The van der Waals surface area contributed by atoms with E-state index in [2.05, 4.69) is 9.97 Å². The molecule has 0 radical (unpaired) electrons. The average Bonchev–Trinajstić information content (AvgIpc) is 2.90. The van der Waals surface area contributed by atoms with Gasteiger partial charge in [0.05, 0.1) is 11.4 Å². The highest BCUT2D eigenvalue weighted by Gasteiger charge is 2.07. The van der Waals surface area contributed by atoms with Crippen molar-refractivity contribution in [2.45, 2.75) is 0 Å². The Hall–Kier alpha value is -3.15. The Kier molecular flexibility index (Phi) is 2.91. The van der Waals surface area contributed by atoms with Gasteiger partial charge in [-0.3, -0.25) is 15.8 Å². The number of nitrogen functional groups attached to an aromatic ring is 2. The van der Waals surface area contributed by atoms with Crippen molar-refractivity contribution in [2.75, 3.05) is 0 Å². The molecule has 0 spiro atoms. The summed E-state index contributed by atoms with van der Waals surface area (Å²) in [6, 6.07) is 11.1. The fourth-order valence-electron chi connectivity index (χ4n) is 2.15. The molecule has 6 heteroatoms. The van der Waals surface area contributed by atoms with E-state index in [1.165, 1.54) is 0 Å². The van der Waals surface area contributed by atoms with Crippen LogP contribution in [-0.4, -0.2) is 21.6 Å². The summed E-state index contributed by atoms with van der Waals surface area (Å²) in [6.45, 7) is 0. The third kappa shape index (κ3) is 2.34. The highest BCUT2D eigenvalue weighted by molar-refractivity contribution is 5.99. The monoisotopic (exact) mass is 278 g/mol. The standard InChI is InChI=1S/C15H14N6/c16-14(17)8-1-3-11-10(5-8)6-13(21-11)12-4-2-9(7-20-12)15(18)19/h1-7,21H,(H3,16,17)(H3,18,19). The highest BCUT2D eigenvalue weighted by atomic mass is 14.8. The molecule has 7 N–H and O–H groups in total. The van der Waals surface area contributed by atoms with E-state index in [4.69, 9.17) is 22.3 Å². The van der Waals surface area contributed by atoms with Crippen LogP contribution in [-0.2, 0) is 0 Å². The number of amidine groups is 2. The SMILES string of the molecule is N=C(N)c1ccc(-c2cc3cc(C(=N)N)ccc3[nH]2)nc1. The number of nitrogens with one attached hydrogen (secondary N) is 3. The molecule has 2 aromatic heterocycles. The Labute approximate surface area is 120 Å². The molecule has 0 saturated heterocycles. The Morgan fingerprint density at radius 3 is 2.29 bits per heavy atom. The van der Waals surface area contributed by atoms with Crippen LogP contribution in [0.5, 0.6) is 0 Å². The van der Waals surface area contributed by atoms with Gasteiger partial charge in [-0.2, -0.15) is 0 Å². The molecule has 1 aromatic carbocycles. The first-order valence-corrected chi connectivity index (χ1v) is 6.32.